The number of halogens is 3. The number of carbonyl (C=O) groups is 1. The molecule has 1 amide bonds. The molecule has 0 radical (unpaired) electrons. The molecule has 1 saturated heterocycles. The zero-order valence-corrected chi connectivity index (χ0v) is 25.4. The van der Waals surface area contributed by atoms with E-state index in [9.17, 15) is 18.0 Å². The second-order valence-electron chi connectivity index (χ2n) is 11.6. The molecule has 4 heterocycles. The highest BCUT2D eigenvalue weighted by atomic mass is 19.3. The van der Waals surface area contributed by atoms with Crippen molar-refractivity contribution in [3.05, 3.63) is 60.8 Å². The molecule has 14 heteroatoms. The number of pyridine rings is 2. The number of alkyl carbamates (subject to hydrolysis) is 1. The smallest absolute Gasteiger partial charge is 0.407 e. The van der Waals surface area contributed by atoms with Crippen LogP contribution in [0.5, 0.6) is 5.75 Å². The van der Waals surface area contributed by atoms with Crippen LogP contribution in [0.3, 0.4) is 0 Å². The topological polar surface area (TPSA) is 132 Å². The van der Waals surface area contributed by atoms with Gasteiger partial charge in [-0.3, -0.25) is 0 Å². The van der Waals surface area contributed by atoms with Crippen LogP contribution >= 0.6 is 0 Å². The van der Waals surface area contributed by atoms with E-state index < -0.39 is 24.1 Å². The van der Waals surface area contributed by atoms with E-state index in [4.69, 9.17) is 15.2 Å². The van der Waals surface area contributed by atoms with Crippen LogP contribution in [0.25, 0.3) is 22.4 Å². The lowest BCUT2D eigenvalue weighted by Gasteiger charge is -2.36. The van der Waals surface area contributed by atoms with Crippen molar-refractivity contribution in [3.63, 3.8) is 0 Å². The summed E-state index contributed by atoms with van der Waals surface area (Å²) in [7, 11) is 1.43. The van der Waals surface area contributed by atoms with Gasteiger partial charge in [0.2, 0.25) is 0 Å². The zero-order chi connectivity index (χ0) is 32.3. The van der Waals surface area contributed by atoms with Gasteiger partial charge < -0.3 is 30.7 Å². The normalized spacial score (nSPS) is 15.2. The molecule has 0 aliphatic carbocycles. The van der Waals surface area contributed by atoms with E-state index in [-0.39, 0.29) is 28.7 Å². The molecule has 0 unspecified atom stereocenters. The number of alkyl halides is 2. The Balaban J connectivity index is 1.48. The van der Waals surface area contributed by atoms with Gasteiger partial charge in [0.15, 0.2) is 0 Å². The summed E-state index contributed by atoms with van der Waals surface area (Å²) in [5.74, 6) is 0.463. The Morgan fingerprint density at radius 1 is 1.16 bits per heavy atom. The number of ether oxygens (including phenoxy) is 2. The van der Waals surface area contributed by atoms with Gasteiger partial charge in [0, 0.05) is 48.7 Å². The summed E-state index contributed by atoms with van der Waals surface area (Å²) in [6.07, 6.45) is 5.16. The van der Waals surface area contributed by atoms with Crippen molar-refractivity contribution in [3.8, 4) is 28.1 Å². The van der Waals surface area contributed by atoms with E-state index in [1.165, 1.54) is 31.6 Å². The van der Waals surface area contributed by atoms with Gasteiger partial charge in [-0.1, -0.05) is 6.07 Å². The highest BCUT2D eigenvalue weighted by Gasteiger charge is 2.27. The first-order valence-electron chi connectivity index (χ1n) is 14.4. The van der Waals surface area contributed by atoms with Gasteiger partial charge in [-0.2, -0.15) is 13.9 Å². The van der Waals surface area contributed by atoms with Crippen molar-refractivity contribution in [2.24, 2.45) is 0 Å². The van der Waals surface area contributed by atoms with Gasteiger partial charge >= 0.3 is 12.6 Å². The maximum absolute atomic E-state index is 14.9. The van der Waals surface area contributed by atoms with E-state index in [1.54, 1.807) is 51.2 Å². The Bertz CT molecular complexity index is 1670. The van der Waals surface area contributed by atoms with Gasteiger partial charge in [-0.25, -0.2) is 23.8 Å². The minimum Gasteiger partial charge on any atom is -0.496 e. The van der Waals surface area contributed by atoms with Crippen molar-refractivity contribution < 1.29 is 27.4 Å². The van der Waals surface area contributed by atoms with E-state index in [2.05, 4.69) is 30.6 Å². The lowest BCUT2D eigenvalue weighted by Crippen LogP contribution is -2.49. The number of amides is 1. The van der Waals surface area contributed by atoms with Crippen LogP contribution in [0.15, 0.2) is 55.0 Å². The Kier molecular flexibility index (Phi) is 9.02. The molecule has 3 aromatic heterocycles. The first-order chi connectivity index (χ1) is 21.4. The van der Waals surface area contributed by atoms with Crippen molar-refractivity contribution >= 4 is 29.1 Å². The number of anilines is 4. The average Bonchev–Trinajstić information content (AvgIpc) is 3.48. The minimum absolute atomic E-state index is 0.123. The standard InChI is InChI=1S/C31H35F3N8O3/c1-31(2,3)45-30(43)38-19-7-6-12-41(17-19)23-13-26(36-15-20(23)18-14-37-42(16-18)29(33)34)39-25-11-10-22(35)28(40-25)27-21(32)8-5-9-24(27)44-4/h5,8-11,13-16,19,29H,6-7,12,17,35H2,1-4H3,(H,38,43)(H,36,39,40)/t19-/m0/s1. The molecule has 45 heavy (non-hydrogen) atoms. The molecule has 11 nitrogen and oxygen atoms in total. The number of nitrogen functional groups attached to an aromatic ring is 1. The predicted molar refractivity (Wildman–Crippen MR) is 165 cm³/mol. The van der Waals surface area contributed by atoms with Crippen molar-refractivity contribution in [1.82, 2.24) is 25.1 Å². The average molecular weight is 625 g/mol. The van der Waals surface area contributed by atoms with Gasteiger partial charge in [0.05, 0.1) is 30.2 Å². The molecule has 0 saturated carbocycles. The number of nitrogens with two attached hydrogens (primary N) is 1. The molecule has 1 aromatic carbocycles. The predicted octanol–water partition coefficient (Wildman–Crippen LogP) is 6.37. The minimum atomic E-state index is -2.80. The molecule has 1 aliphatic rings. The summed E-state index contributed by atoms with van der Waals surface area (Å²) in [6.45, 7) is 3.67. The molecule has 4 N–H and O–H groups in total. The third-order valence-corrected chi connectivity index (χ3v) is 7.09. The Labute approximate surface area is 258 Å². The SMILES string of the molecule is COc1cccc(F)c1-c1nc(Nc2cc(N3CCC[C@H](NC(=O)OC(C)(C)C)C3)c(-c3cnn(C(F)F)c3)cn2)ccc1N. The Hall–Kier alpha value is -5.01. The van der Waals surface area contributed by atoms with Crippen LogP contribution in [0.2, 0.25) is 0 Å². The summed E-state index contributed by atoms with van der Waals surface area (Å²) in [5.41, 5.74) is 7.82. The first kappa shape index (κ1) is 31.4. The Morgan fingerprint density at radius 2 is 1.96 bits per heavy atom. The number of carbonyl (C=O) groups excluding carboxylic acids is 1. The molecule has 1 atom stereocenters. The highest BCUT2D eigenvalue weighted by Crippen LogP contribution is 2.37. The summed E-state index contributed by atoms with van der Waals surface area (Å²) in [5, 5.41) is 9.88. The van der Waals surface area contributed by atoms with E-state index in [0.29, 0.717) is 46.2 Å². The number of aromatic nitrogens is 4. The van der Waals surface area contributed by atoms with E-state index >= 15 is 0 Å². The summed E-state index contributed by atoms with van der Waals surface area (Å²) in [4.78, 5) is 23.6. The molecule has 1 fully saturated rings. The van der Waals surface area contributed by atoms with Crippen LogP contribution in [0.1, 0.15) is 40.2 Å². The second-order valence-corrected chi connectivity index (χ2v) is 11.6. The number of nitrogens with zero attached hydrogens (tertiary/aromatic N) is 5. The quantitative estimate of drug-likeness (QED) is 0.205. The number of piperidine rings is 1. The third kappa shape index (κ3) is 7.39. The molecule has 4 aromatic rings. The van der Waals surface area contributed by atoms with Crippen LogP contribution < -0.4 is 26.0 Å². The number of benzene rings is 1. The number of hydrogen-bond donors (Lipinski definition) is 3. The van der Waals surface area contributed by atoms with E-state index in [1.807, 2.05) is 0 Å². The van der Waals surface area contributed by atoms with Crippen LogP contribution in [0, 0.1) is 5.82 Å². The Morgan fingerprint density at radius 3 is 2.67 bits per heavy atom. The molecule has 0 spiro atoms. The lowest BCUT2D eigenvalue weighted by atomic mass is 10.0. The zero-order valence-electron chi connectivity index (χ0n) is 25.4. The number of methoxy groups -OCH3 is 1. The largest absolute Gasteiger partial charge is 0.496 e. The van der Waals surface area contributed by atoms with E-state index in [0.717, 1.165) is 12.8 Å². The van der Waals surface area contributed by atoms with Crippen LogP contribution in [0.4, 0.5) is 41.0 Å². The lowest BCUT2D eigenvalue weighted by molar-refractivity contribution is 0.0499. The summed E-state index contributed by atoms with van der Waals surface area (Å²) < 4.78 is 53.0. The number of nitrogens with one attached hydrogen (secondary N) is 2. The van der Waals surface area contributed by atoms with Crippen LogP contribution in [-0.2, 0) is 4.74 Å². The van der Waals surface area contributed by atoms with Gasteiger partial charge in [-0.05, 0) is 57.9 Å². The fourth-order valence-electron chi connectivity index (χ4n) is 5.14. The van der Waals surface area contributed by atoms with Crippen LogP contribution in [-0.4, -0.2) is 57.7 Å². The van der Waals surface area contributed by atoms with Gasteiger partial charge in [0.1, 0.15) is 34.5 Å². The number of rotatable bonds is 8. The fourth-order valence-corrected chi connectivity index (χ4v) is 5.14. The molecular weight excluding hydrogens is 589 g/mol. The molecule has 0 bridgehead atoms. The first-order valence-corrected chi connectivity index (χ1v) is 14.4. The summed E-state index contributed by atoms with van der Waals surface area (Å²) in [6, 6.07) is 9.23. The molecule has 5 rings (SSSR count). The third-order valence-electron chi connectivity index (χ3n) is 7.09. The van der Waals surface area contributed by atoms with Gasteiger partial charge in [-0.15, -0.1) is 0 Å². The maximum atomic E-state index is 14.9. The molecular formula is C31H35F3N8O3. The highest BCUT2D eigenvalue weighted by molar-refractivity contribution is 5.82. The van der Waals surface area contributed by atoms with Crippen molar-refractivity contribution in [2.45, 2.75) is 51.8 Å². The van der Waals surface area contributed by atoms with Gasteiger partial charge in [0.25, 0.3) is 0 Å². The fraction of sp³-hybridized carbons (Fsp3) is 0.355. The molecule has 238 valence electrons. The maximum Gasteiger partial charge on any atom is 0.407 e. The summed E-state index contributed by atoms with van der Waals surface area (Å²) >= 11 is 0. The van der Waals surface area contributed by atoms with Crippen molar-refractivity contribution in [2.75, 3.05) is 36.1 Å². The molecule has 1 aliphatic heterocycles. The van der Waals surface area contributed by atoms with Crippen molar-refractivity contribution in [1.29, 1.82) is 0 Å². The second kappa shape index (κ2) is 12.9. The number of hydrogen-bond acceptors (Lipinski definition) is 9. The monoisotopic (exact) mass is 624 g/mol.